The summed E-state index contributed by atoms with van der Waals surface area (Å²) in [6.45, 7) is 1.76. The van der Waals surface area contributed by atoms with Crippen LogP contribution < -0.4 is 5.32 Å². The second-order valence-corrected chi connectivity index (χ2v) is 5.71. The molecule has 2 N–H and O–H groups in total. The number of rotatable bonds is 4. The van der Waals surface area contributed by atoms with Crippen LogP contribution in [0.25, 0.3) is 0 Å². The Hall–Kier alpha value is -2.10. The lowest BCUT2D eigenvalue weighted by Crippen LogP contribution is -2.02. The lowest BCUT2D eigenvalue weighted by Gasteiger charge is -2.09. The average molecular weight is 308 g/mol. The highest BCUT2D eigenvalue weighted by Gasteiger charge is 2.12. The molecule has 102 valence electrons. The molecule has 0 radical (unpaired) electrons. The molecule has 0 bridgehead atoms. The van der Waals surface area contributed by atoms with E-state index in [0.29, 0.717) is 22.3 Å². The number of halogens is 1. The molecule has 2 aromatic rings. The SMILES string of the molecule is CC(=O)c1cc(C#N)c(NCc2cnc(Cl)s2)cc1O. The van der Waals surface area contributed by atoms with Crippen molar-refractivity contribution in [2.75, 3.05) is 5.32 Å². The second-order valence-electron chi connectivity index (χ2n) is 4.02. The summed E-state index contributed by atoms with van der Waals surface area (Å²) >= 11 is 7.06. The van der Waals surface area contributed by atoms with E-state index in [9.17, 15) is 9.90 Å². The number of nitrogens with zero attached hydrogens (tertiary/aromatic N) is 2. The van der Waals surface area contributed by atoms with Crippen LogP contribution in [-0.4, -0.2) is 15.9 Å². The fourth-order valence-electron chi connectivity index (χ4n) is 1.66. The van der Waals surface area contributed by atoms with Crippen molar-refractivity contribution in [3.63, 3.8) is 0 Å². The maximum atomic E-state index is 11.3. The zero-order valence-corrected chi connectivity index (χ0v) is 12.0. The molecule has 0 saturated heterocycles. The minimum absolute atomic E-state index is 0.132. The number of ketones is 1. The van der Waals surface area contributed by atoms with Crippen molar-refractivity contribution in [2.24, 2.45) is 0 Å². The summed E-state index contributed by atoms with van der Waals surface area (Å²) in [4.78, 5) is 16.1. The van der Waals surface area contributed by atoms with Crippen molar-refractivity contribution < 1.29 is 9.90 Å². The van der Waals surface area contributed by atoms with E-state index in [4.69, 9.17) is 16.9 Å². The van der Waals surface area contributed by atoms with Gasteiger partial charge in [-0.3, -0.25) is 4.79 Å². The summed E-state index contributed by atoms with van der Waals surface area (Å²) in [7, 11) is 0. The van der Waals surface area contributed by atoms with Crippen LogP contribution in [0.3, 0.4) is 0 Å². The van der Waals surface area contributed by atoms with Crippen LogP contribution in [0.5, 0.6) is 5.75 Å². The van der Waals surface area contributed by atoms with Crippen LogP contribution >= 0.6 is 22.9 Å². The summed E-state index contributed by atoms with van der Waals surface area (Å²) in [5, 5.41) is 21.9. The van der Waals surface area contributed by atoms with Crippen LogP contribution in [-0.2, 0) is 6.54 Å². The number of anilines is 1. The molecule has 1 aromatic heterocycles. The zero-order chi connectivity index (χ0) is 14.7. The predicted octanol–water partition coefficient (Wildman–Crippen LogP) is 3.19. The Morgan fingerprint density at radius 1 is 1.60 bits per heavy atom. The van der Waals surface area contributed by atoms with Gasteiger partial charge in [0, 0.05) is 17.1 Å². The summed E-state index contributed by atoms with van der Waals surface area (Å²) in [5.41, 5.74) is 0.885. The number of thiazole rings is 1. The number of carbonyl (C=O) groups is 1. The lowest BCUT2D eigenvalue weighted by atomic mass is 10.1. The number of nitrogens with one attached hydrogen (secondary N) is 1. The molecule has 0 aliphatic carbocycles. The van der Waals surface area contributed by atoms with Gasteiger partial charge in [-0.05, 0) is 13.0 Å². The Balaban J connectivity index is 2.25. The van der Waals surface area contributed by atoms with Gasteiger partial charge in [0.1, 0.15) is 11.8 Å². The van der Waals surface area contributed by atoms with Crippen molar-refractivity contribution in [1.82, 2.24) is 4.98 Å². The van der Waals surface area contributed by atoms with Gasteiger partial charge in [0.2, 0.25) is 0 Å². The molecule has 20 heavy (non-hydrogen) atoms. The van der Waals surface area contributed by atoms with E-state index < -0.39 is 0 Å². The Morgan fingerprint density at radius 2 is 2.35 bits per heavy atom. The molecule has 1 heterocycles. The first-order chi connectivity index (χ1) is 9.51. The fraction of sp³-hybridized carbons (Fsp3) is 0.154. The first kappa shape index (κ1) is 14.3. The molecule has 0 atom stereocenters. The Kier molecular flexibility index (Phi) is 4.23. The number of phenolic OH excluding ortho intramolecular Hbond substituents is 1. The van der Waals surface area contributed by atoms with Gasteiger partial charge >= 0.3 is 0 Å². The molecule has 0 aliphatic heterocycles. The molecular formula is C13H10ClN3O2S. The number of nitriles is 1. The number of hydrogen-bond acceptors (Lipinski definition) is 6. The Labute approximate surface area is 124 Å². The number of aromatic nitrogens is 1. The molecule has 2 rings (SSSR count). The number of hydrogen-bond donors (Lipinski definition) is 2. The maximum Gasteiger partial charge on any atom is 0.183 e. The van der Waals surface area contributed by atoms with Crippen LogP contribution in [0.15, 0.2) is 18.3 Å². The standard InChI is InChI=1S/C13H10ClN3O2S/c1-7(18)10-2-8(4-15)11(3-12(10)19)16-5-9-6-17-13(14)20-9/h2-3,6,16,19H,5H2,1H3. The monoisotopic (exact) mass is 307 g/mol. The first-order valence-corrected chi connectivity index (χ1v) is 6.83. The Bertz CT molecular complexity index is 706. The molecule has 5 nitrogen and oxygen atoms in total. The smallest absolute Gasteiger partial charge is 0.183 e. The van der Waals surface area contributed by atoms with Crippen molar-refractivity contribution in [1.29, 1.82) is 5.26 Å². The second kappa shape index (κ2) is 5.90. The van der Waals surface area contributed by atoms with Crippen molar-refractivity contribution in [3.05, 3.63) is 38.8 Å². The Morgan fingerprint density at radius 3 is 2.90 bits per heavy atom. The molecule has 7 heteroatoms. The van der Waals surface area contributed by atoms with Crippen molar-refractivity contribution in [2.45, 2.75) is 13.5 Å². The predicted molar refractivity (Wildman–Crippen MR) is 77.3 cm³/mol. The number of benzene rings is 1. The van der Waals surface area contributed by atoms with E-state index in [2.05, 4.69) is 10.3 Å². The summed E-state index contributed by atoms with van der Waals surface area (Å²) in [6.07, 6.45) is 1.63. The zero-order valence-electron chi connectivity index (χ0n) is 10.5. The van der Waals surface area contributed by atoms with Crippen LogP contribution in [0.2, 0.25) is 4.47 Å². The largest absolute Gasteiger partial charge is 0.507 e. The summed E-state index contributed by atoms with van der Waals surface area (Å²) in [5.74, 6) is -0.443. The average Bonchev–Trinajstić information content (AvgIpc) is 2.81. The third-order valence-electron chi connectivity index (χ3n) is 2.61. The topological polar surface area (TPSA) is 86.0 Å². The van der Waals surface area contributed by atoms with Gasteiger partial charge in [-0.2, -0.15) is 5.26 Å². The van der Waals surface area contributed by atoms with E-state index >= 15 is 0 Å². The van der Waals surface area contributed by atoms with Gasteiger partial charge in [-0.15, -0.1) is 11.3 Å². The van der Waals surface area contributed by atoms with Gasteiger partial charge in [0.25, 0.3) is 0 Å². The van der Waals surface area contributed by atoms with E-state index in [1.54, 1.807) is 6.20 Å². The highest BCUT2D eigenvalue weighted by Crippen LogP contribution is 2.27. The first-order valence-electron chi connectivity index (χ1n) is 5.63. The molecule has 0 saturated carbocycles. The maximum absolute atomic E-state index is 11.3. The molecule has 0 aliphatic rings. The van der Waals surface area contributed by atoms with E-state index in [1.807, 2.05) is 6.07 Å². The van der Waals surface area contributed by atoms with Crippen LogP contribution in [0.1, 0.15) is 27.7 Å². The van der Waals surface area contributed by atoms with Crippen LogP contribution in [0.4, 0.5) is 5.69 Å². The fourth-order valence-corrected chi connectivity index (χ4v) is 2.57. The third-order valence-corrected chi connectivity index (χ3v) is 3.73. The minimum Gasteiger partial charge on any atom is -0.507 e. The molecule has 0 unspecified atom stereocenters. The molecule has 0 spiro atoms. The summed E-state index contributed by atoms with van der Waals surface area (Å²) in [6, 6.07) is 4.74. The lowest BCUT2D eigenvalue weighted by molar-refractivity contribution is 0.101. The molecule has 0 fully saturated rings. The summed E-state index contributed by atoms with van der Waals surface area (Å²) < 4.78 is 0.442. The number of aromatic hydroxyl groups is 1. The van der Waals surface area contributed by atoms with Crippen molar-refractivity contribution in [3.8, 4) is 11.8 Å². The highest BCUT2D eigenvalue weighted by molar-refractivity contribution is 7.15. The third kappa shape index (κ3) is 3.07. The van der Waals surface area contributed by atoms with Crippen LogP contribution in [0, 0.1) is 11.3 Å². The van der Waals surface area contributed by atoms with Gasteiger partial charge in [0.15, 0.2) is 10.3 Å². The quantitative estimate of drug-likeness (QED) is 0.847. The van der Waals surface area contributed by atoms with E-state index in [1.165, 1.54) is 30.4 Å². The number of carbonyl (C=O) groups excluding carboxylic acids is 1. The molecule has 0 amide bonds. The minimum atomic E-state index is -0.292. The number of Topliss-reactive ketones (excluding diaryl/α,β-unsaturated/α-hetero) is 1. The van der Waals surface area contributed by atoms with Gasteiger partial charge in [-0.25, -0.2) is 4.98 Å². The number of phenols is 1. The molecular weight excluding hydrogens is 298 g/mol. The van der Waals surface area contributed by atoms with Gasteiger partial charge in [0.05, 0.1) is 23.4 Å². The normalized spacial score (nSPS) is 10.1. The van der Waals surface area contributed by atoms with E-state index in [-0.39, 0.29) is 17.1 Å². The molecule has 1 aromatic carbocycles. The van der Waals surface area contributed by atoms with Crippen molar-refractivity contribution >= 4 is 34.4 Å². The van der Waals surface area contributed by atoms with E-state index in [0.717, 1.165) is 4.88 Å². The van der Waals surface area contributed by atoms with Gasteiger partial charge < -0.3 is 10.4 Å². The van der Waals surface area contributed by atoms with Gasteiger partial charge in [-0.1, -0.05) is 11.6 Å². The highest BCUT2D eigenvalue weighted by atomic mass is 35.5.